The molecule has 1 aromatic heterocycles. The number of aromatic nitrogens is 2. The van der Waals surface area contributed by atoms with Crippen LogP contribution < -0.4 is 0 Å². The lowest BCUT2D eigenvalue weighted by atomic mass is 10.0. The number of hydrogen-bond acceptors (Lipinski definition) is 4. The molecule has 1 saturated carbocycles. The summed E-state index contributed by atoms with van der Waals surface area (Å²) in [7, 11) is -3.59. The van der Waals surface area contributed by atoms with Gasteiger partial charge in [0, 0.05) is 30.4 Å². The quantitative estimate of drug-likeness (QED) is 0.378. The molecule has 0 amide bonds. The fourth-order valence-electron chi connectivity index (χ4n) is 5.15. The Morgan fingerprint density at radius 1 is 1.09 bits per heavy atom. The summed E-state index contributed by atoms with van der Waals surface area (Å²) in [6, 6.07) is 9.68. The number of halogens is 2. The number of hydrogen-bond donors (Lipinski definition) is 0. The zero-order chi connectivity index (χ0) is 23.9. The maximum absolute atomic E-state index is 14.2. The molecule has 0 spiro atoms. The van der Waals surface area contributed by atoms with Crippen LogP contribution >= 0.6 is 11.8 Å². The van der Waals surface area contributed by atoms with E-state index < -0.39 is 21.7 Å². The van der Waals surface area contributed by atoms with Crippen LogP contribution in [0.15, 0.2) is 46.5 Å². The lowest BCUT2D eigenvalue weighted by Gasteiger charge is -2.30. The van der Waals surface area contributed by atoms with Gasteiger partial charge in [-0.1, -0.05) is 43.7 Å². The fourth-order valence-corrected chi connectivity index (χ4v) is 7.83. The van der Waals surface area contributed by atoms with Crippen LogP contribution in [-0.4, -0.2) is 35.4 Å². The van der Waals surface area contributed by atoms with Crippen LogP contribution in [0.2, 0.25) is 0 Å². The van der Waals surface area contributed by atoms with E-state index in [-0.39, 0.29) is 22.3 Å². The second kappa shape index (κ2) is 9.59. The third kappa shape index (κ3) is 4.50. The number of sulfonamides is 1. The molecule has 0 N–H and O–H groups in total. The highest BCUT2D eigenvalue weighted by Gasteiger charge is 2.30. The third-order valence-corrected chi connectivity index (χ3v) is 9.83. The van der Waals surface area contributed by atoms with E-state index in [1.54, 1.807) is 22.5 Å². The molecule has 2 heterocycles. The predicted octanol–water partition coefficient (Wildman–Crippen LogP) is 6.14. The van der Waals surface area contributed by atoms with Crippen molar-refractivity contribution in [2.45, 2.75) is 67.3 Å². The highest BCUT2D eigenvalue weighted by molar-refractivity contribution is 7.98. The first-order valence-corrected chi connectivity index (χ1v) is 14.3. The zero-order valence-electron chi connectivity index (χ0n) is 19.2. The molecule has 5 rings (SSSR count). The molecule has 2 aromatic carbocycles. The zero-order valence-corrected chi connectivity index (χ0v) is 20.8. The molecule has 1 aliphatic heterocycles. The number of benzene rings is 2. The van der Waals surface area contributed by atoms with E-state index in [1.165, 1.54) is 17.8 Å². The van der Waals surface area contributed by atoms with Crippen molar-refractivity contribution in [1.82, 2.24) is 13.9 Å². The standard InChI is InChI=1S/C25H29F2N3O2S2/c1-17-6-5-13-29(15-17)34(31,32)20-11-12-23-22(14-20)28-25(30(23)19-8-2-3-9-19)33-16-18-7-4-10-21(26)24(18)27/h4,7,10-12,14,17,19H,2-3,5-6,8-9,13,15-16H2,1H3/t17-/m1/s1. The number of thioether (sulfide) groups is 1. The van der Waals surface area contributed by atoms with Crippen molar-refractivity contribution in [1.29, 1.82) is 0 Å². The number of fused-ring (bicyclic) bond motifs is 1. The smallest absolute Gasteiger partial charge is 0.243 e. The fraction of sp³-hybridized carbons (Fsp3) is 0.480. The van der Waals surface area contributed by atoms with Crippen LogP contribution in [-0.2, 0) is 15.8 Å². The van der Waals surface area contributed by atoms with Crippen molar-refractivity contribution >= 4 is 32.8 Å². The van der Waals surface area contributed by atoms with Crippen LogP contribution in [0, 0.1) is 17.6 Å². The Morgan fingerprint density at radius 2 is 1.88 bits per heavy atom. The normalized spacial score (nSPS) is 20.4. The minimum Gasteiger partial charge on any atom is -0.316 e. The summed E-state index contributed by atoms with van der Waals surface area (Å²) in [6.07, 6.45) is 6.23. The highest BCUT2D eigenvalue weighted by atomic mass is 32.2. The van der Waals surface area contributed by atoms with Gasteiger partial charge in [0.05, 0.1) is 15.9 Å². The van der Waals surface area contributed by atoms with Crippen LogP contribution in [0.4, 0.5) is 8.78 Å². The third-order valence-electron chi connectivity index (χ3n) is 6.96. The number of rotatable bonds is 6. The molecule has 0 radical (unpaired) electrons. The van der Waals surface area contributed by atoms with Gasteiger partial charge in [0.25, 0.3) is 0 Å². The molecule has 34 heavy (non-hydrogen) atoms. The molecule has 1 saturated heterocycles. The van der Waals surface area contributed by atoms with E-state index in [1.807, 2.05) is 6.07 Å². The molecule has 3 aromatic rings. The lowest BCUT2D eigenvalue weighted by Crippen LogP contribution is -2.39. The van der Waals surface area contributed by atoms with E-state index in [4.69, 9.17) is 4.98 Å². The summed E-state index contributed by atoms with van der Waals surface area (Å²) in [5.74, 6) is -1.09. The van der Waals surface area contributed by atoms with Crippen LogP contribution in [0.5, 0.6) is 0 Å². The van der Waals surface area contributed by atoms with Gasteiger partial charge in [-0.15, -0.1) is 0 Å². The maximum Gasteiger partial charge on any atom is 0.243 e. The summed E-state index contributed by atoms with van der Waals surface area (Å²) < 4.78 is 58.3. The largest absolute Gasteiger partial charge is 0.316 e. The molecular formula is C25H29F2N3O2S2. The summed E-state index contributed by atoms with van der Waals surface area (Å²) in [4.78, 5) is 5.05. The Bertz CT molecular complexity index is 1300. The Balaban J connectivity index is 1.50. The molecule has 5 nitrogen and oxygen atoms in total. The van der Waals surface area contributed by atoms with Gasteiger partial charge in [0.2, 0.25) is 10.0 Å². The van der Waals surface area contributed by atoms with Crippen LogP contribution in [0.3, 0.4) is 0 Å². The van der Waals surface area contributed by atoms with Crippen molar-refractivity contribution in [3.05, 3.63) is 53.6 Å². The van der Waals surface area contributed by atoms with Crippen molar-refractivity contribution in [3.63, 3.8) is 0 Å². The second-order valence-corrected chi connectivity index (χ2v) is 12.3. The molecule has 0 bridgehead atoms. The van der Waals surface area contributed by atoms with Gasteiger partial charge >= 0.3 is 0 Å². The van der Waals surface area contributed by atoms with Gasteiger partial charge in [0.15, 0.2) is 16.8 Å². The van der Waals surface area contributed by atoms with E-state index in [0.717, 1.165) is 50.1 Å². The number of nitrogens with zero attached hydrogens (tertiary/aromatic N) is 3. The van der Waals surface area contributed by atoms with E-state index in [0.29, 0.717) is 29.7 Å². The molecule has 1 atom stereocenters. The van der Waals surface area contributed by atoms with Gasteiger partial charge in [-0.25, -0.2) is 22.2 Å². The van der Waals surface area contributed by atoms with Crippen LogP contribution in [0.25, 0.3) is 11.0 Å². The van der Waals surface area contributed by atoms with Gasteiger partial charge in [-0.3, -0.25) is 0 Å². The molecule has 2 aliphatic rings. The van der Waals surface area contributed by atoms with E-state index in [2.05, 4.69) is 11.5 Å². The summed E-state index contributed by atoms with van der Waals surface area (Å²) in [6.45, 7) is 3.16. The average Bonchev–Trinajstić information content (AvgIpc) is 3.47. The van der Waals surface area contributed by atoms with Crippen molar-refractivity contribution in [2.75, 3.05) is 13.1 Å². The van der Waals surface area contributed by atoms with Crippen LogP contribution in [0.1, 0.15) is 57.1 Å². The highest BCUT2D eigenvalue weighted by Crippen LogP contribution is 2.38. The van der Waals surface area contributed by atoms with Gasteiger partial charge < -0.3 is 4.57 Å². The predicted molar refractivity (Wildman–Crippen MR) is 130 cm³/mol. The minimum absolute atomic E-state index is 0.246. The first-order valence-electron chi connectivity index (χ1n) is 11.9. The summed E-state index contributed by atoms with van der Waals surface area (Å²) in [5.41, 5.74) is 1.80. The van der Waals surface area contributed by atoms with Crippen molar-refractivity contribution < 1.29 is 17.2 Å². The molecular weight excluding hydrogens is 476 g/mol. The van der Waals surface area contributed by atoms with E-state index >= 15 is 0 Å². The first-order chi connectivity index (χ1) is 16.3. The van der Waals surface area contributed by atoms with Crippen molar-refractivity contribution in [2.24, 2.45) is 5.92 Å². The Morgan fingerprint density at radius 3 is 2.65 bits per heavy atom. The van der Waals surface area contributed by atoms with Gasteiger partial charge in [0.1, 0.15) is 0 Å². The first kappa shape index (κ1) is 23.8. The lowest BCUT2D eigenvalue weighted by molar-refractivity contribution is 0.281. The van der Waals surface area contributed by atoms with Crippen molar-refractivity contribution in [3.8, 4) is 0 Å². The summed E-state index contributed by atoms with van der Waals surface area (Å²) >= 11 is 1.36. The SMILES string of the molecule is C[C@@H]1CCCN(S(=O)(=O)c2ccc3c(c2)nc(SCc2cccc(F)c2F)n3C2CCCC2)C1. The Kier molecular flexibility index (Phi) is 6.70. The van der Waals surface area contributed by atoms with Gasteiger partial charge in [-0.2, -0.15) is 4.31 Å². The summed E-state index contributed by atoms with van der Waals surface area (Å²) in [5, 5.41) is 0.715. The monoisotopic (exact) mass is 505 g/mol. The second-order valence-electron chi connectivity index (χ2n) is 9.47. The topological polar surface area (TPSA) is 55.2 Å². The number of imidazole rings is 1. The molecule has 1 aliphatic carbocycles. The molecule has 2 fully saturated rings. The molecule has 0 unspecified atom stereocenters. The number of piperidine rings is 1. The van der Waals surface area contributed by atoms with E-state index in [9.17, 15) is 17.2 Å². The minimum atomic E-state index is -3.59. The Hall–Kier alpha value is -1.97. The van der Waals surface area contributed by atoms with Gasteiger partial charge in [-0.05, 0) is 55.9 Å². The molecule has 9 heteroatoms. The average molecular weight is 506 g/mol. The Labute approximate surface area is 203 Å². The maximum atomic E-state index is 14.2. The molecule has 182 valence electrons.